The molecule has 1 amide bonds. The molecule has 25 heavy (non-hydrogen) atoms. The van der Waals surface area contributed by atoms with Crippen LogP contribution in [0.15, 0.2) is 18.2 Å². The Hall–Kier alpha value is -2.41. The number of anilines is 1. The monoisotopic (exact) mass is 349 g/mol. The fourth-order valence-electron chi connectivity index (χ4n) is 2.58. The number of Topliss-reactive ketones (excluding diaryl/α,β-unsaturated/α-hetero) is 1. The van der Waals surface area contributed by atoms with Crippen molar-refractivity contribution in [2.45, 2.75) is 32.8 Å². The fraction of sp³-hybridized carbons (Fsp3) is 0.500. The molecular weight excluding hydrogens is 326 g/mol. The highest BCUT2D eigenvalue weighted by Gasteiger charge is 2.29. The number of hydrogen-bond donors (Lipinski definition) is 0. The van der Waals surface area contributed by atoms with E-state index in [1.807, 2.05) is 6.92 Å². The highest BCUT2D eigenvalue weighted by molar-refractivity contribution is 6.04. The van der Waals surface area contributed by atoms with E-state index in [-0.39, 0.29) is 31.4 Å². The number of amides is 1. The van der Waals surface area contributed by atoms with Crippen molar-refractivity contribution in [1.29, 1.82) is 0 Å². The highest BCUT2D eigenvalue weighted by atomic mass is 16.6. The van der Waals surface area contributed by atoms with Gasteiger partial charge in [0.25, 0.3) is 5.91 Å². The second kappa shape index (κ2) is 8.62. The summed E-state index contributed by atoms with van der Waals surface area (Å²) in [7, 11) is 1.51. The van der Waals surface area contributed by atoms with E-state index in [9.17, 15) is 14.4 Å². The molecule has 7 heteroatoms. The second-order valence-electron chi connectivity index (χ2n) is 5.88. The van der Waals surface area contributed by atoms with E-state index in [0.717, 1.165) is 6.42 Å². The van der Waals surface area contributed by atoms with E-state index >= 15 is 0 Å². The zero-order chi connectivity index (χ0) is 18.4. The van der Waals surface area contributed by atoms with E-state index in [1.54, 1.807) is 25.1 Å². The fourth-order valence-corrected chi connectivity index (χ4v) is 2.58. The Morgan fingerprint density at radius 3 is 2.80 bits per heavy atom. The molecule has 0 aliphatic carbocycles. The smallest absolute Gasteiger partial charge is 0.326 e. The minimum absolute atomic E-state index is 0.0143. The Balaban J connectivity index is 2.19. The number of carbonyl (C=O) groups is 3. The first-order valence-corrected chi connectivity index (χ1v) is 8.25. The number of ether oxygens (including phenoxy) is 3. The van der Waals surface area contributed by atoms with Crippen LogP contribution in [0.25, 0.3) is 0 Å². The third-order valence-electron chi connectivity index (χ3n) is 3.72. The molecule has 136 valence electrons. The Labute approximate surface area is 146 Å². The molecule has 0 N–H and O–H groups in total. The Kier molecular flexibility index (Phi) is 6.52. The third-order valence-corrected chi connectivity index (χ3v) is 3.72. The molecule has 0 radical (unpaired) electrons. The molecule has 1 unspecified atom stereocenters. The first-order valence-electron chi connectivity index (χ1n) is 8.25. The predicted octanol–water partition coefficient (Wildman–Crippen LogP) is 1.97. The van der Waals surface area contributed by atoms with Gasteiger partial charge in [0, 0.05) is 19.1 Å². The van der Waals surface area contributed by atoms with Crippen molar-refractivity contribution in [1.82, 2.24) is 0 Å². The summed E-state index contributed by atoms with van der Waals surface area (Å²) in [5.41, 5.74) is 0.902. The summed E-state index contributed by atoms with van der Waals surface area (Å²) in [6.45, 7) is 3.50. The number of benzene rings is 1. The van der Waals surface area contributed by atoms with Gasteiger partial charge < -0.3 is 14.2 Å². The molecule has 1 atom stereocenters. The van der Waals surface area contributed by atoms with Crippen molar-refractivity contribution in [2.75, 3.05) is 31.8 Å². The van der Waals surface area contributed by atoms with Crippen LogP contribution in [0.4, 0.5) is 5.69 Å². The van der Waals surface area contributed by atoms with Gasteiger partial charge in [0.1, 0.15) is 18.4 Å². The Bertz CT molecular complexity index is 657. The topological polar surface area (TPSA) is 82.1 Å². The molecule has 1 aromatic rings. The number of esters is 1. The zero-order valence-corrected chi connectivity index (χ0v) is 14.7. The number of ketones is 1. The van der Waals surface area contributed by atoms with Gasteiger partial charge in [0.15, 0.2) is 12.4 Å². The number of carbonyl (C=O) groups excluding carboxylic acids is 3. The minimum Gasteiger partial charge on any atom is -0.482 e. The molecule has 0 saturated carbocycles. The lowest BCUT2D eigenvalue weighted by atomic mass is 10.0. The van der Waals surface area contributed by atoms with Gasteiger partial charge in [0.05, 0.1) is 12.3 Å². The summed E-state index contributed by atoms with van der Waals surface area (Å²) < 4.78 is 15.5. The van der Waals surface area contributed by atoms with Crippen LogP contribution >= 0.6 is 0 Å². The Morgan fingerprint density at radius 1 is 1.36 bits per heavy atom. The van der Waals surface area contributed by atoms with Gasteiger partial charge in [-0.2, -0.15) is 0 Å². The van der Waals surface area contributed by atoms with Gasteiger partial charge in [0.2, 0.25) is 0 Å². The first-order chi connectivity index (χ1) is 12.0. The molecule has 1 aromatic carbocycles. The predicted molar refractivity (Wildman–Crippen MR) is 91.0 cm³/mol. The van der Waals surface area contributed by atoms with Gasteiger partial charge in [-0.15, -0.1) is 0 Å². The second-order valence-corrected chi connectivity index (χ2v) is 5.88. The summed E-state index contributed by atoms with van der Waals surface area (Å²) in [6.07, 6.45) is 0.744. The molecule has 0 saturated heterocycles. The molecule has 1 aliphatic heterocycles. The maximum absolute atomic E-state index is 12.2. The first kappa shape index (κ1) is 18.9. The van der Waals surface area contributed by atoms with Crippen molar-refractivity contribution in [2.24, 2.45) is 0 Å². The molecule has 7 nitrogen and oxygen atoms in total. The maximum atomic E-state index is 12.2. The van der Waals surface area contributed by atoms with E-state index in [4.69, 9.17) is 14.2 Å². The number of rotatable bonds is 8. The van der Waals surface area contributed by atoms with Crippen LogP contribution < -0.4 is 9.64 Å². The van der Waals surface area contributed by atoms with Crippen LogP contribution in [0.3, 0.4) is 0 Å². The molecule has 0 aromatic heterocycles. The quantitative estimate of drug-likeness (QED) is 0.527. The zero-order valence-electron chi connectivity index (χ0n) is 14.7. The molecular formula is C18H23NO6. The van der Waals surface area contributed by atoms with E-state index in [1.165, 1.54) is 12.0 Å². The van der Waals surface area contributed by atoms with Crippen molar-refractivity contribution in [3.05, 3.63) is 23.8 Å². The van der Waals surface area contributed by atoms with Crippen LogP contribution in [-0.4, -0.2) is 50.6 Å². The molecule has 0 fully saturated rings. The van der Waals surface area contributed by atoms with Gasteiger partial charge in [-0.25, -0.2) is 0 Å². The molecule has 1 heterocycles. The minimum atomic E-state index is -0.545. The summed E-state index contributed by atoms with van der Waals surface area (Å²) >= 11 is 0. The largest absolute Gasteiger partial charge is 0.482 e. The lowest BCUT2D eigenvalue weighted by Crippen LogP contribution is -2.43. The lowest BCUT2D eigenvalue weighted by molar-refractivity contribution is -0.149. The number of nitrogens with zero attached hydrogens (tertiary/aromatic N) is 1. The average Bonchev–Trinajstić information content (AvgIpc) is 2.57. The van der Waals surface area contributed by atoms with Gasteiger partial charge in [-0.1, -0.05) is 6.92 Å². The molecule has 2 rings (SSSR count). The molecule has 0 spiro atoms. The number of fused-ring (bicyclic) bond motifs is 1. The number of methoxy groups -OCH3 is 1. The van der Waals surface area contributed by atoms with E-state index in [0.29, 0.717) is 23.4 Å². The van der Waals surface area contributed by atoms with Crippen LogP contribution in [-0.2, 0) is 19.1 Å². The average molecular weight is 349 g/mol. The van der Waals surface area contributed by atoms with Crippen LogP contribution in [0.5, 0.6) is 5.75 Å². The van der Waals surface area contributed by atoms with Crippen LogP contribution in [0, 0.1) is 0 Å². The summed E-state index contributed by atoms with van der Waals surface area (Å²) in [5, 5.41) is 0. The normalized spacial score (nSPS) is 14.5. The van der Waals surface area contributed by atoms with E-state index in [2.05, 4.69) is 0 Å². The highest BCUT2D eigenvalue weighted by Crippen LogP contribution is 2.33. The summed E-state index contributed by atoms with van der Waals surface area (Å²) in [6, 6.07) is 4.91. The SMILES string of the molecule is CCCC(=O)c1ccc2c(c1)N(CC(=O)OC(C)COC)C(=O)CO2. The summed E-state index contributed by atoms with van der Waals surface area (Å²) in [5.74, 6) is -0.454. The van der Waals surface area contributed by atoms with Crippen molar-refractivity contribution in [3.8, 4) is 5.75 Å². The molecule has 1 aliphatic rings. The third kappa shape index (κ3) is 4.79. The lowest BCUT2D eigenvalue weighted by Gasteiger charge is -2.29. The van der Waals surface area contributed by atoms with Crippen LogP contribution in [0.2, 0.25) is 0 Å². The van der Waals surface area contributed by atoms with Crippen molar-refractivity contribution >= 4 is 23.3 Å². The van der Waals surface area contributed by atoms with Crippen molar-refractivity contribution in [3.63, 3.8) is 0 Å². The standard InChI is InChI=1S/C18H23NO6/c1-4-5-15(20)13-6-7-16-14(8-13)19(17(21)11-24-16)9-18(22)25-12(2)10-23-3/h6-8,12H,4-5,9-11H2,1-3H3. The van der Waals surface area contributed by atoms with Gasteiger partial charge in [-0.05, 0) is 31.5 Å². The van der Waals surface area contributed by atoms with Gasteiger partial charge in [-0.3, -0.25) is 19.3 Å². The maximum Gasteiger partial charge on any atom is 0.326 e. The van der Waals surface area contributed by atoms with Gasteiger partial charge >= 0.3 is 5.97 Å². The summed E-state index contributed by atoms with van der Waals surface area (Å²) in [4.78, 5) is 37.7. The van der Waals surface area contributed by atoms with Crippen LogP contribution in [0.1, 0.15) is 37.0 Å². The Morgan fingerprint density at radius 2 is 2.12 bits per heavy atom. The number of hydrogen-bond acceptors (Lipinski definition) is 6. The van der Waals surface area contributed by atoms with Crippen molar-refractivity contribution < 1.29 is 28.6 Å². The van der Waals surface area contributed by atoms with E-state index < -0.39 is 12.1 Å². The molecule has 0 bridgehead atoms.